The SMILES string of the molecule is CCn1c(=O)oc2cc(S(=O)(=O)N3CCN(C(=O)Cc4ccc(F)cc4)CC3)ccc21. The Morgan fingerprint density at radius 2 is 1.74 bits per heavy atom. The molecule has 1 aliphatic rings. The van der Waals surface area contributed by atoms with Gasteiger partial charge in [-0.3, -0.25) is 9.36 Å². The maximum Gasteiger partial charge on any atom is 0.419 e. The Hall–Kier alpha value is -2.98. The van der Waals surface area contributed by atoms with Gasteiger partial charge in [0, 0.05) is 38.8 Å². The molecular weight excluding hydrogens is 425 g/mol. The molecule has 4 rings (SSSR count). The van der Waals surface area contributed by atoms with Crippen molar-refractivity contribution < 1.29 is 22.0 Å². The number of carbonyl (C=O) groups excluding carboxylic acids is 1. The Kier molecular flexibility index (Phi) is 5.67. The van der Waals surface area contributed by atoms with Crippen LogP contribution in [0.25, 0.3) is 11.1 Å². The molecule has 10 heteroatoms. The first kappa shape index (κ1) is 21.3. The topological polar surface area (TPSA) is 92.8 Å². The molecule has 0 bridgehead atoms. The molecule has 31 heavy (non-hydrogen) atoms. The third-order valence-corrected chi connectivity index (χ3v) is 7.35. The van der Waals surface area contributed by atoms with Gasteiger partial charge in [-0.05, 0) is 36.8 Å². The van der Waals surface area contributed by atoms with Crippen LogP contribution in [0.4, 0.5) is 4.39 Å². The van der Waals surface area contributed by atoms with Crippen molar-refractivity contribution in [3.63, 3.8) is 0 Å². The lowest BCUT2D eigenvalue weighted by Crippen LogP contribution is -2.50. The molecule has 0 radical (unpaired) electrons. The number of hydrogen-bond donors (Lipinski definition) is 0. The Morgan fingerprint density at radius 3 is 2.39 bits per heavy atom. The lowest BCUT2D eigenvalue weighted by molar-refractivity contribution is -0.131. The van der Waals surface area contributed by atoms with Gasteiger partial charge in [0.1, 0.15) is 5.82 Å². The van der Waals surface area contributed by atoms with Crippen LogP contribution in [0.5, 0.6) is 0 Å². The van der Waals surface area contributed by atoms with E-state index in [2.05, 4.69) is 0 Å². The number of amides is 1. The molecule has 164 valence electrons. The van der Waals surface area contributed by atoms with E-state index in [1.165, 1.54) is 33.1 Å². The minimum absolute atomic E-state index is 0.0445. The Morgan fingerprint density at radius 1 is 1.06 bits per heavy atom. The molecule has 0 unspecified atom stereocenters. The number of aryl methyl sites for hydroxylation is 1. The van der Waals surface area contributed by atoms with E-state index in [9.17, 15) is 22.4 Å². The lowest BCUT2D eigenvalue weighted by Gasteiger charge is -2.34. The van der Waals surface area contributed by atoms with Crippen LogP contribution in [-0.4, -0.2) is 54.3 Å². The number of halogens is 1. The second-order valence-electron chi connectivity index (χ2n) is 7.33. The molecule has 0 atom stereocenters. The smallest absolute Gasteiger partial charge is 0.408 e. The zero-order chi connectivity index (χ0) is 22.2. The third-order valence-electron chi connectivity index (χ3n) is 5.45. The van der Waals surface area contributed by atoms with E-state index in [-0.39, 0.29) is 54.8 Å². The molecular formula is C21H22FN3O5S. The van der Waals surface area contributed by atoms with Gasteiger partial charge >= 0.3 is 5.76 Å². The number of oxazole rings is 1. The summed E-state index contributed by atoms with van der Waals surface area (Å²) in [5.74, 6) is -1.02. The van der Waals surface area contributed by atoms with Crippen LogP contribution in [0.15, 0.2) is 56.6 Å². The van der Waals surface area contributed by atoms with E-state index in [1.807, 2.05) is 0 Å². The number of fused-ring (bicyclic) bond motifs is 1. The molecule has 0 aliphatic carbocycles. The molecule has 3 aromatic rings. The highest BCUT2D eigenvalue weighted by Crippen LogP contribution is 2.23. The van der Waals surface area contributed by atoms with Gasteiger partial charge in [0.05, 0.1) is 16.8 Å². The van der Waals surface area contributed by atoms with Crippen LogP contribution in [0, 0.1) is 5.82 Å². The van der Waals surface area contributed by atoms with Gasteiger partial charge in [-0.2, -0.15) is 4.31 Å². The number of rotatable bonds is 5. The number of nitrogens with zero attached hydrogens (tertiary/aromatic N) is 3. The Labute approximate surface area is 178 Å². The fraction of sp³-hybridized carbons (Fsp3) is 0.333. The van der Waals surface area contributed by atoms with Gasteiger partial charge in [0.2, 0.25) is 15.9 Å². The molecule has 0 N–H and O–H groups in total. The van der Waals surface area contributed by atoms with Gasteiger partial charge in [-0.1, -0.05) is 12.1 Å². The normalized spacial score (nSPS) is 15.5. The predicted molar refractivity (Wildman–Crippen MR) is 112 cm³/mol. The van der Waals surface area contributed by atoms with Crippen LogP contribution in [0.3, 0.4) is 0 Å². The van der Waals surface area contributed by atoms with Crippen molar-refractivity contribution in [3.8, 4) is 0 Å². The first-order chi connectivity index (χ1) is 14.8. The summed E-state index contributed by atoms with van der Waals surface area (Å²) in [7, 11) is -3.79. The number of sulfonamides is 1. The Balaban J connectivity index is 1.45. The van der Waals surface area contributed by atoms with Crippen LogP contribution < -0.4 is 5.76 Å². The summed E-state index contributed by atoms with van der Waals surface area (Å²) in [5, 5.41) is 0. The Bertz CT molecular complexity index is 1270. The highest BCUT2D eigenvalue weighted by atomic mass is 32.2. The van der Waals surface area contributed by atoms with Crippen LogP contribution >= 0.6 is 0 Å². The fourth-order valence-electron chi connectivity index (χ4n) is 3.72. The molecule has 1 saturated heterocycles. The van der Waals surface area contributed by atoms with Gasteiger partial charge < -0.3 is 9.32 Å². The van der Waals surface area contributed by atoms with Gasteiger partial charge in [-0.25, -0.2) is 17.6 Å². The fourth-order valence-corrected chi connectivity index (χ4v) is 5.16. The van der Waals surface area contributed by atoms with Gasteiger partial charge in [-0.15, -0.1) is 0 Å². The van der Waals surface area contributed by atoms with Crippen molar-refractivity contribution in [1.82, 2.24) is 13.8 Å². The number of aromatic nitrogens is 1. The van der Waals surface area contributed by atoms with E-state index in [0.717, 1.165) is 0 Å². The van der Waals surface area contributed by atoms with E-state index in [1.54, 1.807) is 30.0 Å². The average Bonchev–Trinajstić information content (AvgIpc) is 3.09. The van der Waals surface area contributed by atoms with Crippen molar-refractivity contribution in [2.45, 2.75) is 24.8 Å². The van der Waals surface area contributed by atoms with Crippen molar-refractivity contribution in [2.24, 2.45) is 0 Å². The molecule has 1 aromatic heterocycles. The van der Waals surface area contributed by atoms with Crippen molar-refractivity contribution >= 4 is 27.0 Å². The average molecular weight is 447 g/mol. The molecule has 0 spiro atoms. The van der Waals surface area contributed by atoms with E-state index < -0.39 is 15.8 Å². The summed E-state index contributed by atoms with van der Waals surface area (Å²) < 4.78 is 47.0. The number of benzene rings is 2. The monoisotopic (exact) mass is 447 g/mol. The number of hydrogen-bond acceptors (Lipinski definition) is 5. The second-order valence-corrected chi connectivity index (χ2v) is 9.27. The van der Waals surface area contributed by atoms with Gasteiger partial charge in [0.15, 0.2) is 5.58 Å². The number of piperazine rings is 1. The molecule has 0 saturated carbocycles. The second kappa shape index (κ2) is 8.27. The van der Waals surface area contributed by atoms with Crippen molar-refractivity contribution in [3.05, 3.63) is 64.4 Å². The molecule has 2 heterocycles. The minimum atomic E-state index is -3.79. The predicted octanol–water partition coefficient (Wildman–Crippen LogP) is 1.83. The summed E-state index contributed by atoms with van der Waals surface area (Å²) in [4.78, 5) is 26.0. The van der Waals surface area contributed by atoms with Crippen LogP contribution in [-0.2, 0) is 27.8 Å². The highest BCUT2D eigenvalue weighted by Gasteiger charge is 2.30. The lowest BCUT2D eigenvalue weighted by atomic mass is 10.1. The first-order valence-corrected chi connectivity index (χ1v) is 11.4. The summed E-state index contributed by atoms with van der Waals surface area (Å²) >= 11 is 0. The van der Waals surface area contributed by atoms with Crippen molar-refractivity contribution in [1.29, 1.82) is 0 Å². The maximum absolute atomic E-state index is 13.1. The minimum Gasteiger partial charge on any atom is -0.408 e. The van der Waals surface area contributed by atoms with E-state index >= 15 is 0 Å². The van der Waals surface area contributed by atoms with Crippen LogP contribution in [0.1, 0.15) is 12.5 Å². The van der Waals surface area contributed by atoms with E-state index in [0.29, 0.717) is 17.6 Å². The van der Waals surface area contributed by atoms with Crippen LogP contribution in [0.2, 0.25) is 0 Å². The molecule has 2 aromatic carbocycles. The zero-order valence-corrected chi connectivity index (χ0v) is 17.8. The molecule has 1 amide bonds. The third kappa shape index (κ3) is 4.13. The molecule has 1 aliphatic heterocycles. The highest BCUT2D eigenvalue weighted by molar-refractivity contribution is 7.89. The summed E-state index contributed by atoms with van der Waals surface area (Å²) in [6.07, 6.45) is 0.136. The quantitative estimate of drug-likeness (QED) is 0.595. The largest absolute Gasteiger partial charge is 0.419 e. The summed E-state index contributed by atoms with van der Waals surface area (Å²) in [6.45, 7) is 3.08. The first-order valence-electron chi connectivity index (χ1n) is 9.95. The standard InChI is InChI=1S/C21H22FN3O5S/c1-2-25-18-8-7-17(14-19(18)30-21(25)27)31(28,29)24-11-9-23(10-12-24)20(26)13-15-3-5-16(22)6-4-15/h3-8,14H,2,9-13H2,1H3. The van der Waals surface area contributed by atoms with Crippen molar-refractivity contribution in [2.75, 3.05) is 26.2 Å². The number of carbonyl (C=O) groups is 1. The van der Waals surface area contributed by atoms with E-state index in [4.69, 9.17) is 4.42 Å². The summed E-state index contributed by atoms with van der Waals surface area (Å²) in [6, 6.07) is 10.1. The summed E-state index contributed by atoms with van der Waals surface area (Å²) in [5.41, 5.74) is 1.47. The zero-order valence-electron chi connectivity index (χ0n) is 17.0. The molecule has 1 fully saturated rings. The maximum atomic E-state index is 13.1. The van der Waals surface area contributed by atoms with Gasteiger partial charge in [0.25, 0.3) is 0 Å². The molecule has 8 nitrogen and oxygen atoms in total.